The standard InChI is InChI=1S/C15H20O4/c1-7-4-5-10-13(19-14(17)15(10,3)18)12-8(2)11(16)6-9(7)12/h9-13,16,18H,1-2,4-6H2,3H3. The van der Waals surface area contributed by atoms with Crippen molar-refractivity contribution in [2.45, 2.75) is 44.0 Å². The minimum Gasteiger partial charge on any atom is -0.459 e. The molecule has 3 rings (SSSR count). The highest BCUT2D eigenvalue weighted by Gasteiger charge is 2.59. The molecule has 104 valence electrons. The van der Waals surface area contributed by atoms with Crippen LogP contribution >= 0.6 is 0 Å². The predicted octanol–water partition coefficient (Wildman–Crippen LogP) is 1.18. The van der Waals surface area contributed by atoms with Gasteiger partial charge in [0, 0.05) is 11.8 Å². The molecule has 2 aliphatic carbocycles. The number of ether oxygens (including phenoxy) is 1. The van der Waals surface area contributed by atoms with Crippen molar-refractivity contribution in [1.82, 2.24) is 0 Å². The third-order valence-corrected chi connectivity index (χ3v) is 5.20. The molecule has 0 amide bonds. The zero-order chi connectivity index (χ0) is 13.9. The molecule has 3 aliphatic rings. The molecule has 1 saturated heterocycles. The Balaban J connectivity index is 2.02. The van der Waals surface area contributed by atoms with E-state index in [1.165, 1.54) is 6.92 Å². The zero-order valence-corrected chi connectivity index (χ0v) is 11.1. The second-order valence-electron chi connectivity index (χ2n) is 6.28. The van der Waals surface area contributed by atoms with Gasteiger partial charge in [-0.1, -0.05) is 18.7 Å². The van der Waals surface area contributed by atoms with Gasteiger partial charge < -0.3 is 14.9 Å². The third kappa shape index (κ3) is 1.63. The Morgan fingerprint density at radius 3 is 2.79 bits per heavy atom. The number of aliphatic hydroxyl groups excluding tert-OH is 1. The largest absolute Gasteiger partial charge is 0.459 e. The second-order valence-corrected chi connectivity index (χ2v) is 6.28. The molecule has 2 N–H and O–H groups in total. The number of esters is 1. The Labute approximate surface area is 112 Å². The van der Waals surface area contributed by atoms with Crippen LogP contribution in [0.4, 0.5) is 0 Å². The molecule has 0 aromatic carbocycles. The van der Waals surface area contributed by atoms with Crippen molar-refractivity contribution >= 4 is 5.97 Å². The summed E-state index contributed by atoms with van der Waals surface area (Å²) in [7, 11) is 0. The lowest BCUT2D eigenvalue weighted by Gasteiger charge is -2.27. The lowest BCUT2D eigenvalue weighted by atomic mass is 9.78. The van der Waals surface area contributed by atoms with Gasteiger partial charge in [0.1, 0.15) is 6.10 Å². The number of allylic oxidation sites excluding steroid dienone is 1. The summed E-state index contributed by atoms with van der Waals surface area (Å²) < 4.78 is 5.44. The van der Waals surface area contributed by atoms with E-state index < -0.39 is 17.7 Å². The van der Waals surface area contributed by atoms with Gasteiger partial charge in [-0.05, 0) is 37.7 Å². The molecular weight excluding hydrogens is 244 g/mol. The summed E-state index contributed by atoms with van der Waals surface area (Å²) in [5.41, 5.74) is 0.353. The maximum absolute atomic E-state index is 11.8. The summed E-state index contributed by atoms with van der Waals surface area (Å²) >= 11 is 0. The normalized spacial score (nSPS) is 49.6. The Morgan fingerprint density at radius 2 is 2.11 bits per heavy atom. The van der Waals surface area contributed by atoms with E-state index in [-0.39, 0.29) is 23.9 Å². The van der Waals surface area contributed by atoms with Gasteiger partial charge in [-0.3, -0.25) is 0 Å². The Morgan fingerprint density at radius 1 is 1.42 bits per heavy atom. The van der Waals surface area contributed by atoms with Crippen molar-refractivity contribution < 1.29 is 19.7 Å². The number of hydrogen-bond donors (Lipinski definition) is 2. The molecular formula is C15H20O4. The number of carbonyl (C=O) groups is 1. The van der Waals surface area contributed by atoms with E-state index in [1.54, 1.807) is 0 Å². The summed E-state index contributed by atoms with van der Waals surface area (Å²) in [5.74, 6) is -0.788. The molecule has 4 heteroatoms. The van der Waals surface area contributed by atoms with Crippen molar-refractivity contribution in [3.05, 3.63) is 24.3 Å². The summed E-state index contributed by atoms with van der Waals surface area (Å²) in [5, 5.41) is 20.4. The Kier molecular flexibility index (Phi) is 2.67. The predicted molar refractivity (Wildman–Crippen MR) is 69.1 cm³/mol. The lowest BCUT2D eigenvalue weighted by Crippen LogP contribution is -2.40. The summed E-state index contributed by atoms with van der Waals surface area (Å²) in [6.45, 7) is 9.60. The fourth-order valence-electron chi connectivity index (χ4n) is 3.97. The molecule has 1 heterocycles. The van der Waals surface area contributed by atoms with Crippen LogP contribution in [0.25, 0.3) is 0 Å². The van der Waals surface area contributed by atoms with Crippen LogP contribution in [0.3, 0.4) is 0 Å². The highest BCUT2D eigenvalue weighted by molar-refractivity contribution is 5.82. The average Bonchev–Trinajstić information content (AvgIpc) is 2.68. The maximum Gasteiger partial charge on any atom is 0.338 e. The van der Waals surface area contributed by atoms with Gasteiger partial charge in [0.2, 0.25) is 0 Å². The molecule has 0 aromatic heterocycles. The van der Waals surface area contributed by atoms with Gasteiger partial charge in [0.25, 0.3) is 0 Å². The van der Waals surface area contributed by atoms with Crippen molar-refractivity contribution in [2.75, 3.05) is 0 Å². The molecule has 6 atom stereocenters. The Bertz CT molecular complexity index is 465. The van der Waals surface area contributed by atoms with E-state index in [0.717, 1.165) is 12.0 Å². The number of aliphatic hydroxyl groups is 2. The lowest BCUT2D eigenvalue weighted by molar-refractivity contribution is -0.155. The van der Waals surface area contributed by atoms with Gasteiger partial charge in [-0.15, -0.1) is 0 Å². The molecule has 0 radical (unpaired) electrons. The second kappa shape index (κ2) is 3.93. The quantitative estimate of drug-likeness (QED) is 0.509. The monoisotopic (exact) mass is 264 g/mol. The van der Waals surface area contributed by atoms with E-state index in [2.05, 4.69) is 13.2 Å². The molecule has 3 fully saturated rings. The molecule has 0 aromatic rings. The van der Waals surface area contributed by atoms with Gasteiger partial charge in [-0.2, -0.15) is 0 Å². The SMILES string of the molecule is C=C1CCC2C(OC(=O)C2(C)O)C2C(=C)C(O)CC12. The van der Waals surface area contributed by atoms with Crippen LogP contribution < -0.4 is 0 Å². The number of fused-ring (bicyclic) bond motifs is 3. The molecule has 19 heavy (non-hydrogen) atoms. The van der Waals surface area contributed by atoms with Crippen molar-refractivity contribution in [2.24, 2.45) is 17.8 Å². The smallest absolute Gasteiger partial charge is 0.338 e. The zero-order valence-electron chi connectivity index (χ0n) is 11.1. The minimum atomic E-state index is -1.44. The van der Waals surface area contributed by atoms with Gasteiger partial charge >= 0.3 is 5.97 Å². The fraction of sp³-hybridized carbons (Fsp3) is 0.667. The van der Waals surface area contributed by atoms with E-state index in [0.29, 0.717) is 18.4 Å². The highest BCUT2D eigenvalue weighted by Crippen LogP contribution is 2.53. The fourth-order valence-corrected chi connectivity index (χ4v) is 3.97. The summed E-state index contributed by atoms with van der Waals surface area (Å²) in [4.78, 5) is 11.8. The Hall–Kier alpha value is -1.13. The number of carbonyl (C=O) groups excluding carboxylic acids is 1. The van der Waals surface area contributed by atoms with Gasteiger partial charge in [0.15, 0.2) is 5.60 Å². The summed E-state index contributed by atoms with van der Waals surface area (Å²) in [6, 6.07) is 0. The third-order valence-electron chi connectivity index (χ3n) is 5.20. The van der Waals surface area contributed by atoms with Crippen LogP contribution in [0.5, 0.6) is 0 Å². The van der Waals surface area contributed by atoms with E-state index >= 15 is 0 Å². The molecule has 0 spiro atoms. The average molecular weight is 264 g/mol. The number of hydrogen-bond acceptors (Lipinski definition) is 4. The first-order chi connectivity index (χ1) is 8.84. The van der Waals surface area contributed by atoms with E-state index in [9.17, 15) is 15.0 Å². The first-order valence-corrected chi connectivity index (χ1v) is 6.82. The molecule has 0 bridgehead atoms. The molecule has 6 unspecified atom stereocenters. The van der Waals surface area contributed by atoms with Crippen molar-refractivity contribution in [1.29, 1.82) is 0 Å². The van der Waals surface area contributed by atoms with E-state index in [1.807, 2.05) is 0 Å². The van der Waals surface area contributed by atoms with E-state index in [4.69, 9.17) is 4.74 Å². The van der Waals surface area contributed by atoms with Crippen LogP contribution in [0.1, 0.15) is 26.2 Å². The van der Waals surface area contributed by atoms with Crippen LogP contribution in [-0.2, 0) is 9.53 Å². The van der Waals surface area contributed by atoms with Crippen molar-refractivity contribution in [3.8, 4) is 0 Å². The first-order valence-electron chi connectivity index (χ1n) is 6.82. The van der Waals surface area contributed by atoms with Crippen LogP contribution in [0, 0.1) is 17.8 Å². The topological polar surface area (TPSA) is 66.8 Å². The maximum atomic E-state index is 11.8. The van der Waals surface area contributed by atoms with Crippen molar-refractivity contribution in [3.63, 3.8) is 0 Å². The first kappa shape index (κ1) is 12.9. The van der Waals surface area contributed by atoms with Crippen LogP contribution in [-0.4, -0.2) is 34.0 Å². The minimum absolute atomic E-state index is 0.104. The van der Waals surface area contributed by atoms with Crippen LogP contribution in [0.15, 0.2) is 24.3 Å². The summed E-state index contributed by atoms with van der Waals surface area (Å²) in [6.07, 6.45) is 1.12. The van der Waals surface area contributed by atoms with Crippen LogP contribution in [0.2, 0.25) is 0 Å². The molecule has 4 nitrogen and oxygen atoms in total. The number of rotatable bonds is 0. The molecule has 1 aliphatic heterocycles. The molecule has 2 saturated carbocycles. The van der Waals surface area contributed by atoms with Gasteiger partial charge in [-0.25, -0.2) is 4.79 Å². The highest BCUT2D eigenvalue weighted by atomic mass is 16.6. The van der Waals surface area contributed by atoms with Gasteiger partial charge in [0.05, 0.1) is 6.10 Å².